The van der Waals surface area contributed by atoms with Crippen molar-refractivity contribution in [3.63, 3.8) is 0 Å². The Morgan fingerprint density at radius 1 is 1.32 bits per heavy atom. The van der Waals surface area contributed by atoms with Crippen LogP contribution in [0, 0.1) is 6.92 Å². The number of thioether (sulfide) groups is 1. The molecule has 0 amide bonds. The summed E-state index contributed by atoms with van der Waals surface area (Å²) in [5.41, 5.74) is 10.6. The van der Waals surface area contributed by atoms with Crippen LogP contribution in [0.4, 0.5) is 5.69 Å². The number of imidazole rings is 1. The molecule has 0 atom stereocenters. The maximum Gasteiger partial charge on any atom is 0.166 e. The van der Waals surface area contributed by atoms with Crippen LogP contribution in [0.25, 0.3) is 11.0 Å². The standard InChI is InChI=1S/C16H18N4OS/c1-10-12(18-7-5-15(10)21-2)6-8-22-16-19-13-4-3-11(17)9-14(13)20-16/h3-5,7,9H,6,8,17H2,1-2H3,(H,19,20). The molecule has 0 bridgehead atoms. The number of ether oxygens (including phenoxy) is 1. The van der Waals surface area contributed by atoms with E-state index < -0.39 is 0 Å². The van der Waals surface area contributed by atoms with Gasteiger partial charge in [0.05, 0.1) is 18.1 Å². The summed E-state index contributed by atoms with van der Waals surface area (Å²) in [6.07, 6.45) is 2.66. The van der Waals surface area contributed by atoms with Crippen molar-refractivity contribution in [3.8, 4) is 5.75 Å². The van der Waals surface area contributed by atoms with E-state index in [0.717, 1.165) is 51.1 Å². The van der Waals surface area contributed by atoms with Gasteiger partial charge in [0.25, 0.3) is 0 Å². The molecule has 114 valence electrons. The van der Waals surface area contributed by atoms with E-state index in [2.05, 4.69) is 15.0 Å². The molecule has 6 heteroatoms. The van der Waals surface area contributed by atoms with Crippen molar-refractivity contribution in [1.29, 1.82) is 0 Å². The summed E-state index contributed by atoms with van der Waals surface area (Å²) >= 11 is 1.68. The Bertz CT molecular complexity index is 800. The number of aromatic amines is 1. The topological polar surface area (TPSA) is 76.8 Å². The van der Waals surface area contributed by atoms with Gasteiger partial charge in [0.1, 0.15) is 5.75 Å². The highest BCUT2D eigenvalue weighted by molar-refractivity contribution is 7.99. The van der Waals surface area contributed by atoms with Gasteiger partial charge in [0, 0.05) is 28.9 Å². The van der Waals surface area contributed by atoms with E-state index in [1.165, 1.54) is 0 Å². The number of hydrogen-bond donors (Lipinski definition) is 2. The number of nitrogens with two attached hydrogens (primary N) is 1. The second-order valence-electron chi connectivity index (χ2n) is 5.00. The molecular weight excluding hydrogens is 296 g/mol. The van der Waals surface area contributed by atoms with Gasteiger partial charge < -0.3 is 15.5 Å². The molecule has 0 aliphatic heterocycles. The maximum absolute atomic E-state index is 5.78. The number of nitrogen functional groups attached to an aromatic ring is 1. The molecule has 0 radical (unpaired) electrons. The Labute approximate surface area is 133 Å². The van der Waals surface area contributed by atoms with Crippen molar-refractivity contribution >= 4 is 28.5 Å². The molecule has 0 fully saturated rings. The van der Waals surface area contributed by atoms with Crippen molar-refractivity contribution in [1.82, 2.24) is 15.0 Å². The van der Waals surface area contributed by atoms with Crippen LogP contribution in [-0.2, 0) is 6.42 Å². The Kier molecular flexibility index (Phi) is 4.20. The molecule has 0 saturated heterocycles. The number of nitrogens with one attached hydrogen (secondary N) is 1. The molecule has 3 aromatic rings. The van der Waals surface area contributed by atoms with E-state index in [1.807, 2.05) is 31.2 Å². The fourth-order valence-corrected chi connectivity index (χ4v) is 3.18. The van der Waals surface area contributed by atoms with Crippen molar-refractivity contribution < 1.29 is 4.74 Å². The largest absolute Gasteiger partial charge is 0.496 e. The number of pyridine rings is 1. The zero-order valence-corrected chi connectivity index (χ0v) is 13.4. The van der Waals surface area contributed by atoms with Gasteiger partial charge in [-0.15, -0.1) is 0 Å². The fourth-order valence-electron chi connectivity index (χ4n) is 2.35. The van der Waals surface area contributed by atoms with Gasteiger partial charge in [-0.05, 0) is 37.6 Å². The first-order valence-corrected chi connectivity index (χ1v) is 8.02. The summed E-state index contributed by atoms with van der Waals surface area (Å²) in [6, 6.07) is 7.58. The monoisotopic (exact) mass is 314 g/mol. The van der Waals surface area contributed by atoms with E-state index in [9.17, 15) is 0 Å². The van der Waals surface area contributed by atoms with Gasteiger partial charge in [-0.2, -0.15) is 0 Å². The molecule has 3 rings (SSSR count). The maximum atomic E-state index is 5.78. The molecule has 0 saturated carbocycles. The Morgan fingerprint density at radius 2 is 2.18 bits per heavy atom. The molecule has 22 heavy (non-hydrogen) atoms. The lowest BCUT2D eigenvalue weighted by molar-refractivity contribution is 0.410. The van der Waals surface area contributed by atoms with Crippen molar-refractivity contribution in [2.45, 2.75) is 18.5 Å². The molecule has 0 aliphatic rings. The lowest BCUT2D eigenvalue weighted by atomic mass is 10.1. The first-order valence-electron chi connectivity index (χ1n) is 7.04. The van der Waals surface area contributed by atoms with Crippen LogP contribution >= 0.6 is 11.8 Å². The van der Waals surface area contributed by atoms with Crippen LogP contribution in [0.2, 0.25) is 0 Å². The van der Waals surface area contributed by atoms with Gasteiger partial charge in [-0.25, -0.2) is 4.98 Å². The number of fused-ring (bicyclic) bond motifs is 1. The van der Waals surface area contributed by atoms with Crippen LogP contribution in [0.15, 0.2) is 35.6 Å². The van der Waals surface area contributed by atoms with E-state index in [1.54, 1.807) is 25.1 Å². The fraction of sp³-hybridized carbons (Fsp3) is 0.250. The minimum absolute atomic E-state index is 0.740. The quantitative estimate of drug-likeness (QED) is 0.558. The molecule has 1 aromatic carbocycles. The Hall–Kier alpha value is -2.21. The summed E-state index contributed by atoms with van der Waals surface area (Å²) in [5.74, 6) is 1.78. The van der Waals surface area contributed by atoms with Crippen LogP contribution in [0.3, 0.4) is 0 Å². The molecule has 2 aromatic heterocycles. The van der Waals surface area contributed by atoms with Gasteiger partial charge in [-0.1, -0.05) is 11.8 Å². The second-order valence-corrected chi connectivity index (χ2v) is 6.09. The minimum atomic E-state index is 0.740. The predicted octanol–water partition coefficient (Wildman–Crippen LogP) is 3.19. The number of rotatable bonds is 5. The normalized spacial score (nSPS) is 11.0. The van der Waals surface area contributed by atoms with Crippen molar-refractivity contribution in [2.24, 2.45) is 0 Å². The second kappa shape index (κ2) is 6.27. The Morgan fingerprint density at radius 3 is 3.00 bits per heavy atom. The smallest absolute Gasteiger partial charge is 0.166 e. The van der Waals surface area contributed by atoms with E-state index in [-0.39, 0.29) is 0 Å². The van der Waals surface area contributed by atoms with Gasteiger partial charge in [0.15, 0.2) is 5.16 Å². The third-order valence-electron chi connectivity index (χ3n) is 3.54. The number of anilines is 1. The number of hydrogen-bond acceptors (Lipinski definition) is 5. The van der Waals surface area contributed by atoms with Crippen molar-refractivity contribution in [3.05, 3.63) is 41.7 Å². The number of benzene rings is 1. The van der Waals surface area contributed by atoms with Gasteiger partial charge >= 0.3 is 0 Å². The number of aromatic nitrogens is 3. The highest BCUT2D eigenvalue weighted by atomic mass is 32.2. The van der Waals surface area contributed by atoms with Crippen LogP contribution in [-0.4, -0.2) is 27.8 Å². The van der Waals surface area contributed by atoms with Crippen LogP contribution in [0.5, 0.6) is 5.75 Å². The lowest BCUT2D eigenvalue weighted by Gasteiger charge is -2.08. The minimum Gasteiger partial charge on any atom is -0.496 e. The molecule has 2 heterocycles. The van der Waals surface area contributed by atoms with Gasteiger partial charge in [0.2, 0.25) is 0 Å². The average molecular weight is 314 g/mol. The third-order valence-corrected chi connectivity index (χ3v) is 4.42. The van der Waals surface area contributed by atoms with Gasteiger partial charge in [-0.3, -0.25) is 4.98 Å². The summed E-state index contributed by atoms with van der Waals surface area (Å²) in [7, 11) is 1.68. The predicted molar refractivity (Wildman–Crippen MR) is 90.5 cm³/mol. The molecule has 0 aliphatic carbocycles. The van der Waals surface area contributed by atoms with Crippen LogP contribution < -0.4 is 10.5 Å². The van der Waals surface area contributed by atoms with Crippen LogP contribution in [0.1, 0.15) is 11.3 Å². The first kappa shape index (κ1) is 14.7. The zero-order chi connectivity index (χ0) is 15.5. The zero-order valence-electron chi connectivity index (χ0n) is 12.6. The molecule has 5 nitrogen and oxygen atoms in total. The summed E-state index contributed by atoms with van der Waals surface area (Å²) in [4.78, 5) is 12.3. The van der Waals surface area contributed by atoms with E-state index in [4.69, 9.17) is 10.5 Å². The highest BCUT2D eigenvalue weighted by Crippen LogP contribution is 2.24. The molecule has 0 unspecified atom stereocenters. The summed E-state index contributed by atoms with van der Waals surface area (Å²) < 4.78 is 5.32. The highest BCUT2D eigenvalue weighted by Gasteiger charge is 2.07. The van der Waals surface area contributed by atoms with Crippen molar-refractivity contribution in [2.75, 3.05) is 18.6 Å². The average Bonchev–Trinajstić information content (AvgIpc) is 2.90. The first-order chi connectivity index (χ1) is 10.7. The Balaban J connectivity index is 1.67. The number of nitrogens with zero attached hydrogens (tertiary/aromatic N) is 2. The molecule has 3 N–H and O–H groups in total. The van der Waals surface area contributed by atoms with E-state index >= 15 is 0 Å². The molecular formula is C16H18N4OS. The molecule has 0 spiro atoms. The number of aryl methyl sites for hydroxylation is 1. The summed E-state index contributed by atoms with van der Waals surface area (Å²) in [5, 5.41) is 0.904. The number of H-pyrrole nitrogens is 1. The SMILES string of the molecule is COc1ccnc(CCSc2nc3ccc(N)cc3[nH]2)c1C. The lowest BCUT2D eigenvalue weighted by Crippen LogP contribution is -1.99. The number of methoxy groups -OCH3 is 1. The summed E-state index contributed by atoms with van der Waals surface area (Å²) in [6.45, 7) is 2.04. The third kappa shape index (κ3) is 3.01. The van der Waals surface area contributed by atoms with E-state index in [0.29, 0.717) is 0 Å².